The van der Waals surface area contributed by atoms with E-state index in [0.717, 1.165) is 11.3 Å². The minimum absolute atomic E-state index is 0.0293. The first-order chi connectivity index (χ1) is 10.3. The summed E-state index contributed by atoms with van der Waals surface area (Å²) in [5.74, 6) is -0.583. The van der Waals surface area contributed by atoms with Gasteiger partial charge in [0.05, 0.1) is 21.2 Å². The van der Waals surface area contributed by atoms with Gasteiger partial charge in [-0.05, 0) is 46.5 Å². The Kier molecular flexibility index (Phi) is 5.24. The first-order valence-corrected chi connectivity index (χ1v) is 7.98. The number of nitrogens with one attached hydrogen (secondary N) is 2. The van der Waals surface area contributed by atoms with E-state index in [1.165, 1.54) is 12.1 Å². The highest BCUT2D eigenvalue weighted by Crippen LogP contribution is 2.26. The second-order valence-electron chi connectivity index (χ2n) is 5.32. The molecule has 0 fully saturated rings. The van der Waals surface area contributed by atoms with Crippen molar-refractivity contribution in [3.63, 3.8) is 0 Å². The van der Waals surface area contributed by atoms with Crippen LogP contribution in [0.4, 0.5) is 4.39 Å². The maximum Gasteiger partial charge on any atom is 0.273 e. The molecule has 2 rings (SSSR count). The molecule has 0 saturated carbocycles. The van der Waals surface area contributed by atoms with Crippen LogP contribution in [0, 0.1) is 5.82 Å². The molecule has 0 radical (unpaired) electrons. The fourth-order valence-corrected chi connectivity index (χ4v) is 3.01. The number of halogens is 3. The van der Waals surface area contributed by atoms with Crippen LogP contribution in [0.25, 0.3) is 0 Å². The van der Waals surface area contributed by atoms with Crippen LogP contribution in [0.2, 0.25) is 5.02 Å². The maximum atomic E-state index is 13.2. The highest BCUT2D eigenvalue weighted by Gasteiger charge is 2.21. The molecule has 118 valence electrons. The Bertz CT molecular complexity index is 702. The molecule has 1 unspecified atom stereocenters. The number of amides is 1. The smallest absolute Gasteiger partial charge is 0.273 e. The number of rotatable bonds is 4. The van der Waals surface area contributed by atoms with E-state index in [-0.39, 0.29) is 22.9 Å². The van der Waals surface area contributed by atoms with Gasteiger partial charge in [0, 0.05) is 0 Å². The molecule has 1 heterocycles. The van der Waals surface area contributed by atoms with Gasteiger partial charge in [0.25, 0.3) is 5.91 Å². The van der Waals surface area contributed by atoms with E-state index in [1.807, 2.05) is 13.8 Å². The third kappa shape index (κ3) is 3.50. The second-order valence-corrected chi connectivity index (χ2v) is 6.52. The topological polar surface area (TPSA) is 57.8 Å². The zero-order valence-corrected chi connectivity index (χ0v) is 14.7. The van der Waals surface area contributed by atoms with Crippen LogP contribution in [0.5, 0.6) is 0 Å². The largest absolute Gasteiger partial charge is 0.344 e. The van der Waals surface area contributed by atoms with E-state index >= 15 is 0 Å². The zero-order valence-electron chi connectivity index (χ0n) is 12.4. The summed E-state index contributed by atoms with van der Waals surface area (Å²) in [7, 11) is 0. The van der Waals surface area contributed by atoms with Gasteiger partial charge in [-0.25, -0.2) is 4.39 Å². The molecule has 1 aromatic heterocycles. The zero-order chi connectivity index (χ0) is 16.4. The molecular weight excluding hydrogens is 373 g/mol. The van der Waals surface area contributed by atoms with Gasteiger partial charge in [0.2, 0.25) is 0 Å². The lowest BCUT2D eigenvalue weighted by molar-refractivity contribution is 0.0934. The van der Waals surface area contributed by atoms with Gasteiger partial charge in [-0.1, -0.05) is 31.5 Å². The van der Waals surface area contributed by atoms with Crippen molar-refractivity contribution in [2.75, 3.05) is 0 Å². The fraction of sp³-hybridized carbons (Fsp3) is 0.333. The summed E-state index contributed by atoms with van der Waals surface area (Å²) in [4.78, 5) is 12.3. The summed E-state index contributed by atoms with van der Waals surface area (Å²) in [6, 6.07) is 4.05. The van der Waals surface area contributed by atoms with Crippen molar-refractivity contribution >= 4 is 33.4 Å². The molecular formula is C15H16BrClFN3O. The predicted molar refractivity (Wildman–Crippen MR) is 87.7 cm³/mol. The summed E-state index contributed by atoms with van der Waals surface area (Å²) in [6.45, 7) is 5.80. The molecule has 0 bridgehead atoms. The molecule has 1 atom stereocenters. The summed E-state index contributed by atoms with van der Waals surface area (Å²) in [5.41, 5.74) is 1.88. The van der Waals surface area contributed by atoms with Gasteiger partial charge in [-0.15, -0.1) is 0 Å². The van der Waals surface area contributed by atoms with Gasteiger partial charge in [0.1, 0.15) is 5.82 Å². The van der Waals surface area contributed by atoms with Crippen LogP contribution in [-0.2, 0) is 0 Å². The molecule has 0 aliphatic carbocycles. The fourth-order valence-electron chi connectivity index (χ4n) is 2.00. The first kappa shape index (κ1) is 17.0. The molecule has 22 heavy (non-hydrogen) atoms. The predicted octanol–water partition coefficient (Wildman–Crippen LogP) is 4.58. The number of nitrogens with zero attached hydrogens (tertiary/aromatic N) is 1. The number of H-pyrrole nitrogens is 1. The SMILES string of the molecule is CC(C)c1[nH]nc(C(=O)NC(C)c2ccc(F)c(Cl)c2)c1Br. The molecule has 1 aromatic carbocycles. The van der Waals surface area contributed by atoms with Crippen molar-refractivity contribution in [3.8, 4) is 0 Å². The van der Waals surface area contributed by atoms with Crippen LogP contribution in [0.3, 0.4) is 0 Å². The minimum atomic E-state index is -0.486. The van der Waals surface area contributed by atoms with E-state index in [0.29, 0.717) is 10.2 Å². The number of benzene rings is 1. The van der Waals surface area contributed by atoms with E-state index in [4.69, 9.17) is 11.6 Å². The van der Waals surface area contributed by atoms with Crippen LogP contribution in [-0.4, -0.2) is 16.1 Å². The third-order valence-corrected chi connectivity index (χ3v) is 4.41. The Morgan fingerprint density at radius 1 is 1.41 bits per heavy atom. The lowest BCUT2D eigenvalue weighted by atomic mass is 10.1. The summed E-state index contributed by atoms with van der Waals surface area (Å²) < 4.78 is 13.8. The van der Waals surface area contributed by atoms with E-state index in [1.54, 1.807) is 13.0 Å². The van der Waals surface area contributed by atoms with Gasteiger partial charge in [0.15, 0.2) is 5.69 Å². The Balaban J connectivity index is 2.16. The second kappa shape index (κ2) is 6.79. The highest BCUT2D eigenvalue weighted by atomic mass is 79.9. The summed E-state index contributed by atoms with van der Waals surface area (Å²) in [6.07, 6.45) is 0. The molecule has 0 spiro atoms. The van der Waals surface area contributed by atoms with Gasteiger partial charge >= 0.3 is 0 Å². The van der Waals surface area contributed by atoms with Crippen molar-refractivity contribution in [2.24, 2.45) is 0 Å². The average molecular weight is 389 g/mol. The summed E-state index contributed by atoms with van der Waals surface area (Å²) in [5, 5.41) is 9.75. The van der Waals surface area contributed by atoms with Crippen molar-refractivity contribution in [1.29, 1.82) is 0 Å². The van der Waals surface area contributed by atoms with Crippen molar-refractivity contribution in [1.82, 2.24) is 15.5 Å². The van der Waals surface area contributed by atoms with Crippen molar-refractivity contribution < 1.29 is 9.18 Å². The molecule has 7 heteroatoms. The van der Waals surface area contributed by atoms with Crippen molar-refractivity contribution in [2.45, 2.75) is 32.7 Å². The Labute approximate surface area is 141 Å². The number of aromatic nitrogens is 2. The lowest BCUT2D eigenvalue weighted by Crippen LogP contribution is -2.27. The number of hydrogen-bond donors (Lipinski definition) is 2. The molecule has 1 amide bonds. The average Bonchev–Trinajstić information content (AvgIpc) is 2.83. The van der Waals surface area contributed by atoms with Crippen molar-refractivity contribution in [3.05, 3.63) is 50.5 Å². The first-order valence-electron chi connectivity index (χ1n) is 6.80. The Hall–Kier alpha value is -1.40. The normalized spacial score (nSPS) is 12.5. The lowest BCUT2D eigenvalue weighted by Gasteiger charge is -2.14. The van der Waals surface area contributed by atoms with Crippen LogP contribution in [0.15, 0.2) is 22.7 Å². The highest BCUT2D eigenvalue weighted by molar-refractivity contribution is 9.10. The van der Waals surface area contributed by atoms with Crippen LogP contribution >= 0.6 is 27.5 Å². The van der Waals surface area contributed by atoms with Gasteiger partial charge in [-0.2, -0.15) is 5.10 Å². The van der Waals surface area contributed by atoms with E-state index in [9.17, 15) is 9.18 Å². The van der Waals surface area contributed by atoms with Gasteiger partial charge < -0.3 is 5.32 Å². The third-order valence-electron chi connectivity index (χ3n) is 3.32. The Morgan fingerprint density at radius 2 is 2.09 bits per heavy atom. The monoisotopic (exact) mass is 387 g/mol. The molecule has 2 N–H and O–H groups in total. The quantitative estimate of drug-likeness (QED) is 0.805. The van der Waals surface area contributed by atoms with E-state index < -0.39 is 5.82 Å². The minimum Gasteiger partial charge on any atom is -0.344 e. The Morgan fingerprint density at radius 3 is 2.64 bits per heavy atom. The number of hydrogen-bond acceptors (Lipinski definition) is 2. The maximum absolute atomic E-state index is 13.2. The molecule has 0 saturated heterocycles. The number of carbonyl (C=O) groups is 1. The van der Waals surface area contributed by atoms with E-state index in [2.05, 4.69) is 31.4 Å². The molecule has 0 aliphatic rings. The van der Waals surface area contributed by atoms with Gasteiger partial charge in [-0.3, -0.25) is 9.89 Å². The number of carbonyl (C=O) groups excluding carboxylic acids is 1. The standard InChI is InChI=1S/C15H16BrClFN3O/c1-7(2)13-12(16)14(21-20-13)15(22)19-8(3)9-4-5-11(18)10(17)6-9/h4-8H,1-3H3,(H,19,22)(H,20,21). The molecule has 2 aromatic rings. The van der Waals surface area contributed by atoms with Crippen LogP contribution in [0.1, 0.15) is 54.5 Å². The summed E-state index contributed by atoms with van der Waals surface area (Å²) >= 11 is 9.16. The molecule has 4 nitrogen and oxygen atoms in total. The number of aromatic amines is 1. The molecule has 0 aliphatic heterocycles. The van der Waals surface area contributed by atoms with Crippen LogP contribution < -0.4 is 5.32 Å².